The minimum Gasteiger partial charge on any atom is -0.340 e. The lowest BCUT2D eigenvalue weighted by Crippen LogP contribution is -2.51. The Morgan fingerprint density at radius 3 is 2.44 bits per heavy atom. The van der Waals surface area contributed by atoms with E-state index in [0.717, 1.165) is 5.69 Å². The van der Waals surface area contributed by atoms with E-state index in [-0.39, 0.29) is 30.5 Å². The van der Waals surface area contributed by atoms with Gasteiger partial charge in [0.25, 0.3) is 5.91 Å². The topological polar surface area (TPSA) is 101 Å². The van der Waals surface area contributed by atoms with Crippen molar-refractivity contribution in [3.63, 3.8) is 0 Å². The quantitative estimate of drug-likeness (QED) is 0.806. The summed E-state index contributed by atoms with van der Waals surface area (Å²) in [5, 5.41) is 7.38. The van der Waals surface area contributed by atoms with Gasteiger partial charge in [0.15, 0.2) is 9.84 Å². The van der Waals surface area contributed by atoms with Gasteiger partial charge in [0.2, 0.25) is 5.91 Å². The zero-order valence-electron chi connectivity index (χ0n) is 14.6. The number of carbonyl (C=O) groups excluding carboxylic acids is 2. The fourth-order valence-electron chi connectivity index (χ4n) is 2.72. The van der Waals surface area contributed by atoms with E-state index in [2.05, 4.69) is 10.4 Å². The number of halogens is 1. The van der Waals surface area contributed by atoms with Crippen molar-refractivity contribution in [1.29, 1.82) is 0 Å². The monoisotopic (exact) mass is 410 g/mol. The summed E-state index contributed by atoms with van der Waals surface area (Å²) in [6.07, 6.45) is 2.97. The van der Waals surface area contributed by atoms with Gasteiger partial charge in [-0.25, -0.2) is 13.1 Å². The standard InChI is InChI=1S/C17H19ClN4O4S/c1-12(17(24)21-6-8-27(25,26)9-7-21)20-16(23)13-10-19-22(11-13)15-4-2-14(18)3-5-15/h2-5,10-12H,6-9H2,1H3,(H,20,23). The first kappa shape index (κ1) is 19.4. The maximum atomic E-state index is 12.4. The number of hydrogen-bond acceptors (Lipinski definition) is 5. The Hall–Kier alpha value is -2.39. The molecular formula is C17H19ClN4O4S. The van der Waals surface area contributed by atoms with Crippen molar-refractivity contribution in [3.8, 4) is 5.69 Å². The largest absolute Gasteiger partial charge is 0.340 e. The molecule has 1 aliphatic heterocycles. The van der Waals surface area contributed by atoms with Crippen molar-refractivity contribution in [2.75, 3.05) is 24.6 Å². The highest BCUT2D eigenvalue weighted by Gasteiger charge is 2.28. The molecule has 1 unspecified atom stereocenters. The third kappa shape index (κ3) is 4.67. The molecule has 1 fully saturated rings. The third-order valence-corrected chi connectivity index (χ3v) is 6.17. The Balaban J connectivity index is 1.61. The van der Waals surface area contributed by atoms with Crippen molar-refractivity contribution < 1.29 is 18.0 Å². The van der Waals surface area contributed by atoms with Gasteiger partial charge in [-0.15, -0.1) is 0 Å². The molecule has 1 aliphatic rings. The maximum absolute atomic E-state index is 12.4. The molecule has 2 heterocycles. The molecule has 0 bridgehead atoms. The summed E-state index contributed by atoms with van der Waals surface area (Å²) in [5.41, 5.74) is 1.06. The van der Waals surface area contributed by atoms with E-state index in [1.807, 2.05) is 0 Å². The van der Waals surface area contributed by atoms with Gasteiger partial charge in [-0.05, 0) is 31.2 Å². The number of amides is 2. The smallest absolute Gasteiger partial charge is 0.255 e. The minimum atomic E-state index is -3.07. The van der Waals surface area contributed by atoms with Crippen LogP contribution < -0.4 is 5.32 Å². The summed E-state index contributed by atoms with van der Waals surface area (Å²) < 4.78 is 24.5. The number of nitrogens with one attached hydrogen (secondary N) is 1. The predicted molar refractivity (Wildman–Crippen MR) is 101 cm³/mol. The van der Waals surface area contributed by atoms with E-state index in [0.29, 0.717) is 10.6 Å². The summed E-state index contributed by atoms with van der Waals surface area (Å²) in [6, 6.07) is 6.22. The van der Waals surface area contributed by atoms with Crippen LogP contribution in [0.5, 0.6) is 0 Å². The number of benzene rings is 1. The first-order valence-electron chi connectivity index (χ1n) is 8.36. The van der Waals surface area contributed by atoms with Crippen molar-refractivity contribution in [3.05, 3.63) is 47.2 Å². The summed E-state index contributed by atoms with van der Waals surface area (Å²) in [5.74, 6) is -0.829. The summed E-state index contributed by atoms with van der Waals surface area (Å²) >= 11 is 5.86. The van der Waals surface area contributed by atoms with Gasteiger partial charge >= 0.3 is 0 Å². The molecule has 0 saturated carbocycles. The summed E-state index contributed by atoms with van der Waals surface area (Å²) in [7, 11) is -3.07. The number of carbonyl (C=O) groups is 2. The predicted octanol–water partition coefficient (Wildman–Crippen LogP) is 0.901. The SMILES string of the molecule is CC(NC(=O)c1cnn(-c2ccc(Cl)cc2)c1)C(=O)N1CCS(=O)(=O)CC1. The van der Waals surface area contributed by atoms with Crippen LogP contribution in [0, 0.1) is 0 Å². The summed E-state index contributed by atoms with van der Waals surface area (Å²) in [4.78, 5) is 26.3. The molecule has 2 aromatic rings. The number of hydrogen-bond donors (Lipinski definition) is 1. The number of sulfone groups is 1. The fraction of sp³-hybridized carbons (Fsp3) is 0.353. The van der Waals surface area contributed by atoms with Gasteiger partial charge in [0.05, 0.1) is 29.0 Å². The molecule has 2 amide bonds. The van der Waals surface area contributed by atoms with Crippen molar-refractivity contribution in [2.24, 2.45) is 0 Å². The molecule has 1 saturated heterocycles. The van der Waals surface area contributed by atoms with Crippen molar-refractivity contribution >= 4 is 33.3 Å². The minimum absolute atomic E-state index is 0.0483. The molecule has 144 valence electrons. The Labute approximate surface area is 162 Å². The molecule has 0 spiro atoms. The Bertz CT molecular complexity index is 942. The zero-order chi connectivity index (χ0) is 19.6. The van der Waals surface area contributed by atoms with Crippen LogP contribution in [-0.2, 0) is 14.6 Å². The highest BCUT2D eigenvalue weighted by molar-refractivity contribution is 7.91. The van der Waals surface area contributed by atoms with Crippen LogP contribution in [0.2, 0.25) is 5.02 Å². The van der Waals surface area contributed by atoms with Crippen LogP contribution in [0.1, 0.15) is 17.3 Å². The molecule has 0 aliphatic carbocycles. The third-order valence-electron chi connectivity index (χ3n) is 4.31. The second-order valence-electron chi connectivity index (χ2n) is 6.32. The van der Waals surface area contributed by atoms with E-state index < -0.39 is 21.8 Å². The Morgan fingerprint density at radius 1 is 1.19 bits per heavy atom. The van der Waals surface area contributed by atoms with Crippen LogP contribution in [-0.4, -0.2) is 65.5 Å². The highest BCUT2D eigenvalue weighted by atomic mass is 35.5. The molecule has 10 heteroatoms. The number of nitrogens with zero attached hydrogens (tertiary/aromatic N) is 3. The normalized spacial score (nSPS) is 17.3. The average molecular weight is 411 g/mol. The van der Waals surface area contributed by atoms with Crippen LogP contribution in [0.15, 0.2) is 36.7 Å². The number of aromatic nitrogens is 2. The molecule has 1 atom stereocenters. The van der Waals surface area contributed by atoms with Gasteiger partial charge in [-0.1, -0.05) is 11.6 Å². The molecule has 1 N–H and O–H groups in total. The lowest BCUT2D eigenvalue weighted by Gasteiger charge is -2.29. The Morgan fingerprint density at radius 2 is 1.81 bits per heavy atom. The molecule has 3 rings (SSSR count). The zero-order valence-corrected chi connectivity index (χ0v) is 16.2. The summed E-state index contributed by atoms with van der Waals surface area (Å²) in [6.45, 7) is 1.87. The second-order valence-corrected chi connectivity index (χ2v) is 9.06. The molecule has 8 nitrogen and oxygen atoms in total. The molecular weight excluding hydrogens is 392 g/mol. The van der Waals surface area contributed by atoms with Gasteiger partial charge < -0.3 is 10.2 Å². The fourth-order valence-corrected chi connectivity index (χ4v) is 4.05. The first-order chi connectivity index (χ1) is 12.7. The van der Waals surface area contributed by atoms with Gasteiger partial charge in [-0.3, -0.25) is 9.59 Å². The van der Waals surface area contributed by atoms with Crippen LogP contribution >= 0.6 is 11.6 Å². The van der Waals surface area contributed by atoms with Crippen LogP contribution in [0.4, 0.5) is 0 Å². The van der Waals surface area contributed by atoms with Gasteiger partial charge in [0.1, 0.15) is 6.04 Å². The van der Waals surface area contributed by atoms with Crippen molar-refractivity contribution in [2.45, 2.75) is 13.0 Å². The lowest BCUT2D eigenvalue weighted by atomic mass is 10.2. The highest BCUT2D eigenvalue weighted by Crippen LogP contribution is 2.13. The molecule has 0 radical (unpaired) electrons. The maximum Gasteiger partial charge on any atom is 0.255 e. The van der Waals surface area contributed by atoms with E-state index in [9.17, 15) is 18.0 Å². The van der Waals surface area contributed by atoms with Crippen LogP contribution in [0.3, 0.4) is 0 Å². The van der Waals surface area contributed by atoms with E-state index in [4.69, 9.17) is 11.6 Å². The van der Waals surface area contributed by atoms with E-state index >= 15 is 0 Å². The molecule has 1 aromatic heterocycles. The molecule has 1 aromatic carbocycles. The van der Waals surface area contributed by atoms with Gasteiger partial charge in [0, 0.05) is 24.3 Å². The Kier molecular flexibility index (Phi) is 5.52. The molecule has 27 heavy (non-hydrogen) atoms. The lowest BCUT2D eigenvalue weighted by molar-refractivity contribution is -0.132. The van der Waals surface area contributed by atoms with E-state index in [1.54, 1.807) is 37.4 Å². The van der Waals surface area contributed by atoms with Crippen LogP contribution in [0.25, 0.3) is 5.69 Å². The van der Waals surface area contributed by atoms with Gasteiger partial charge in [-0.2, -0.15) is 5.10 Å². The van der Waals surface area contributed by atoms with E-state index in [1.165, 1.54) is 15.8 Å². The second kappa shape index (κ2) is 7.69. The average Bonchev–Trinajstić information content (AvgIpc) is 3.12. The number of rotatable bonds is 4. The first-order valence-corrected chi connectivity index (χ1v) is 10.6. The van der Waals surface area contributed by atoms with Crippen molar-refractivity contribution in [1.82, 2.24) is 20.0 Å².